The number of piperazine rings is 1. The van der Waals surface area contributed by atoms with E-state index in [1.807, 2.05) is 19.2 Å². The van der Waals surface area contributed by atoms with Gasteiger partial charge in [-0.2, -0.15) is 0 Å². The summed E-state index contributed by atoms with van der Waals surface area (Å²) in [6.07, 6.45) is 1.83. The molecule has 0 saturated carbocycles. The van der Waals surface area contributed by atoms with Gasteiger partial charge in [0.05, 0.1) is 0 Å². The standard InChI is InChI=1S/C11H18N4/c1-9-12-5-4-10(14-9)15-7-6-13-11(2,3)8-15/h4-5,13H,6-8H2,1-3H3. The zero-order chi connectivity index (χ0) is 10.9. The maximum absolute atomic E-state index is 4.45. The van der Waals surface area contributed by atoms with Gasteiger partial charge in [-0.1, -0.05) is 0 Å². The predicted molar refractivity (Wildman–Crippen MR) is 61.1 cm³/mol. The van der Waals surface area contributed by atoms with Gasteiger partial charge in [-0.25, -0.2) is 9.97 Å². The highest BCUT2D eigenvalue weighted by Gasteiger charge is 2.26. The van der Waals surface area contributed by atoms with Crippen LogP contribution in [0.2, 0.25) is 0 Å². The Hall–Kier alpha value is -1.16. The summed E-state index contributed by atoms with van der Waals surface area (Å²) in [7, 11) is 0. The van der Waals surface area contributed by atoms with Crippen molar-refractivity contribution in [1.29, 1.82) is 0 Å². The lowest BCUT2D eigenvalue weighted by Gasteiger charge is -2.39. The van der Waals surface area contributed by atoms with Gasteiger partial charge in [0.15, 0.2) is 0 Å². The van der Waals surface area contributed by atoms with Crippen LogP contribution < -0.4 is 10.2 Å². The van der Waals surface area contributed by atoms with E-state index in [9.17, 15) is 0 Å². The maximum atomic E-state index is 4.45. The molecule has 4 nitrogen and oxygen atoms in total. The van der Waals surface area contributed by atoms with Gasteiger partial charge in [0.25, 0.3) is 0 Å². The number of aryl methyl sites for hydroxylation is 1. The Kier molecular flexibility index (Phi) is 2.61. The van der Waals surface area contributed by atoms with E-state index in [1.165, 1.54) is 0 Å². The van der Waals surface area contributed by atoms with Crippen molar-refractivity contribution in [2.75, 3.05) is 24.5 Å². The molecule has 0 aromatic carbocycles. The average Bonchev–Trinajstić information content (AvgIpc) is 2.16. The topological polar surface area (TPSA) is 41.1 Å². The van der Waals surface area contributed by atoms with E-state index in [0.29, 0.717) is 0 Å². The maximum Gasteiger partial charge on any atom is 0.132 e. The zero-order valence-electron chi connectivity index (χ0n) is 9.62. The van der Waals surface area contributed by atoms with Gasteiger partial charge in [0, 0.05) is 31.4 Å². The minimum Gasteiger partial charge on any atom is -0.353 e. The van der Waals surface area contributed by atoms with Crippen LogP contribution in [0.15, 0.2) is 12.3 Å². The summed E-state index contributed by atoms with van der Waals surface area (Å²) in [6.45, 7) is 9.37. The first-order valence-corrected chi connectivity index (χ1v) is 5.36. The Morgan fingerprint density at radius 2 is 2.27 bits per heavy atom. The molecule has 0 amide bonds. The first-order valence-electron chi connectivity index (χ1n) is 5.36. The fourth-order valence-corrected chi connectivity index (χ4v) is 1.96. The van der Waals surface area contributed by atoms with E-state index >= 15 is 0 Å². The minimum atomic E-state index is 0.164. The molecule has 1 fully saturated rings. The van der Waals surface area contributed by atoms with Gasteiger partial charge in [-0.05, 0) is 26.8 Å². The fraction of sp³-hybridized carbons (Fsp3) is 0.636. The molecule has 0 spiro atoms. The summed E-state index contributed by atoms with van der Waals surface area (Å²) in [6, 6.07) is 1.98. The van der Waals surface area contributed by atoms with Crippen molar-refractivity contribution in [3.05, 3.63) is 18.1 Å². The quantitative estimate of drug-likeness (QED) is 0.743. The molecule has 2 rings (SSSR count). The third-order valence-corrected chi connectivity index (χ3v) is 2.66. The van der Waals surface area contributed by atoms with Gasteiger partial charge in [0.1, 0.15) is 11.6 Å². The second-order valence-corrected chi connectivity index (χ2v) is 4.69. The van der Waals surface area contributed by atoms with Crippen LogP contribution in [0, 0.1) is 6.92 Å². The third-order valence-electron chi connectivity index (χ3n) is 2.66. The molecule has 4 heteroatoms. The number of aromatic nitrogens is 2. The van der Waals surface area contributed by atoms with Crippen molar-refractivity contribution in [3.8, 4) is 0 Å². The molecule has 1 aromatic rings. The van der Waals surface area contributed by atoms with Crippen LogP contribution in [0.3, 0.4) is 0 Å². The van der Waals surface area contributed by atoms with Gasteiger partial charge >= 0.3 is 0 Å². The average molecular weight is 206 g/mol. The smallest absolute Gasteiger partial charge is 0.132 e. The van der Waals surface area contributed by atoms with Crippen LogP contribution in [0.4, 0.5) is 5.82 Å². The highest BCUT2D eigenvalue weighted by atomic mass is 15.3. The second-order valence-electron chi connectivity index (χ2n) is 4.69. The number of rotatable bonds is 1. The van der Waals surface area contributed by atoms with E-state index in [-0.39, 0.29) is 5.54 Å². The molecule has 1 aromatic heterocycles. The monoisotopic (exact) mass is 206 g/mol. The Balaban J connectivity index is 2.17. The lowest BCUT2D eigenvalue weighted by molar-refractivity contribution is 0.351. The Bertz CT molecular complexity index is 348. The summed E-state index contributed by atoms with van der Waals surface area (Å²) in [5.41, 5.74) is 0.164. The molecule has 0 unspecified atom stereocenters. The third kappa shape index (κ3) is 2.45. The molecule has 2 heterocycles. The zero-order valence-corrected chi connectivity index (χ0v) is 9.62. The summed E-state index contributed by atoms with van der Waals surface area (Å²) in [4.78, 5) is 10.9. The Morgan fingerprint density at radius 1 is 1.47 bits per heavy atom. The van der Waals surface area contributed by atoms with Crippen molar-refractivity contribution < 1.29 is 0 Å². The van der Waals surface area contributed by atoms with Crippen molar-refractivity contribution in [1.82, 2.24) is 15.3 Å². The molecule has 15 heavy (non-hydrogen) atoms. The molecule has 0 radical (unpaired) electrons. The van der Waals surface area contributed by atoms with Crippen molar-refractivity contribution in [2.24, 2.45) is 0 Å². The first-order chi connectivity index (χ1) is 7.07. The van der Waals surface area contributed by atoms with Gasteiger partial charge in [-0.15, -0.1) is 0 Å². The Morgan fingerprint density at radius 3 is 2.93 bits per heavy atom. The summed E-state index contributed by atoms with van der Waals surface area (Å²) in [5, 5.41) is 3.49. The molecule has 0 bridgehead atoms. The van der Waals surface area contributed by atoms with E-state index in [4.69, 9.17) is 0 Å². The highest BCUT2D eigenvalue weighted by molar-refractivity contribution is 5.38. The summed E-state index contributed by atoms with van der Waals surface area (Å²) < 4.78 is 0. The molecule has 0 atom stereocenters. The van der Waals surface area contributed by atoms with Crippen LogP contribution in [0.1, 0.15) is 19.7 Å². The van der Waals surface area contributed by atoms with Crippen molar-refractivity contribution in [3.63, 3.8) is 0 Å². The highest BCUT2D eigenvalue weighted by Crippen LogP contribution is 2.16. The summed E-state index contributed by atoms with van der Waals surface area (Å²) >= 11 is 0. The van der Waals surface area contributed by atoms with Crippen LogP contribution >= 0.6 is 0 Å². The van der Waals surface area contributed by atoms with Crippen molar-refractivity contribution >= 4 is 5.82 Å². The number of nitrogens with one attached hydrogen (secondary N) is 1. The fourth-order valence-electron chi connectivity index (χ4n) is 1.96. The SMILES string of the molecule is Cc1nccc(N2CCNC(C)(C)C2)n1. The molecule has 1 aliphatic heterocycles. The van der Waals surface area contributed by atoms with Gasteiger partial charge < -0.3 is 10.2 Å². The number of hydrogen-bond acceptors (Lipinski definition) is 4. The minimum absolute atomic E-state index is 0.164. The van der Waals surface area contributed by atoms with Crippen LogP contribution in [-0.2, 0) is 0 Å². The van der Waals surface area contributed by atoms with E-state index < -0.39 is 0 Å². The number of nitrogens with zero attached hydrogens (tertiary/aromatic N) is 3. The molecular weight excluding hydrogens is 188 g/mol. The lowest BCUT2D eigenvalue weighted by atomic mass is 10.0. The molecule has 0 aliphatic carbocycles. The molecular formula is C11H18N4. The van der Waals surface area contributed by atoms with Crippen LogP contribution in [0.25, 0.3) is 0 Å². The number of hydrogen-bond donors (Lipinski definition) is 1. The molecule has 1 aliphatic rings. The Labute approximate surface area is 90.7 Å². The van der Waals surface area contributed by atoms with Crippen LogP contribution in [0.5, 0.6) is 0 Å². The van der Waals surface area contributed by atoms with Crippen LogP contribution in [-0.4, -0.2) is 35.1 Å². The lowest BCUT2D eigenvalue weighted by Crippen LogP contribution is -2.57. The van der Waals surface area contributed by atoms with Gasteiger partial charge in [-0.3, -0.25) is 0 Å². The summed E-state index contributed by atoms with van der Waals surface area (Å²) in [5.74, 6) is 1.88. The van der Waals surface area contributed by atoms with E-state index in [2.05, 4.69) is 34.0 Å². The normalized spacial score (nSPS) is 20.3. The molecule has 1 N–H and O–H groups in total. The number of anilines is 1. The molecule has 82 valence electrons. The van der Waals surface area contributed by atoms with E-state index in [0.717, 1.165) is 31.3 Å². The second kappa shape index (κ2) is 3.77. The van der Waals surface area contributed by atoms with Crippen molar-refractivity contribution in [2.45, 2.75) is 26.3 Å². The predicted octanol–water partition coefficient (Wildman–Crippen LogP) is 0.973. The largest absolute Gasteiger partial charge is 0.353 e. The molecule has 1 saturated heterocycles. The van der Waals surface area contributed by atoms with E-state index in [1.54, 1.807) is 0 Å². The first kappa shape index (κ1) is 10.4. The van der Waals surface area contributed by atoms with Gasteiger partial charge in [0.2, 0.25) is 0 Å².